The van der Waals surface area contributed by atoms with Gasteiger partial charge in [0.05, 0.1) is 11.3 Å². The lowest BCUT2D eigenvalue weighted by Crippen LogP contribution is -2.33. The van der Waals surface area contributed by atoms with Crippen molar-refractivity contribution in [3.05, 3.63) is 83.4 Å². The Balaban J connectivity index is 1.52. The number of benzene rings is 3. The van der Waals surface area contributed by atoms with Crippen LogP contribution in [0.15, 0.2) is 66.7 Å². The first-order valence-corrected chi connectivity index (χ1v) is 14.6. The van der Waals surface area contributed by atoms with Crippen molar-refractivity contribution in [3.63, 3.8) is 0 Å². The first kappa shape index (κ1) is 27.3. The summed E-state index contributed by atoms with van der Waals surface area (Å²) in [6.45, 7) is 3.62. The van der Waals surface area contributed by atoms with Crippen LogP contribution in [-0.2, 0) is 13.2 Å². The zero-order chi connectivity index (χ0) is 28.5. The number of hydrogen-bond acceptors (Lipinski definition) is 4. The molecule has 0 saturated heterocycles. The molecular weight excluding hydrogens is 517 g/mol. The minimum absolute atomic E-state index is 0.214. The van der Waals surface area contributed by atoms with Crippen LogP contribution in [-0.4, -0.2) is 60.4 Å². The van der Waals surface area contributed by atoms with Crippen molar-refractivity contribution in [1.82, 2.24) is 9.47 Å². The lowest BCUT2D eigenvalue weighted by molar-refractivity contribution is 0.0697. The van der Waals surface area contributed by atoms with Crippen LogP contribution in [0.2, 0.25) is 0 Å². The molecule has 214 valence electrons. The van der Waals surface area contributed by atoms with Gasteiger partial charge in [-0.05, 0) is 62.3 Å². The number of rotatable bonds is 8. The largest absolute Gasteiger partial charge is 0.489 e. The summed E-state index contributed by atoms with van der Waals surface area (Å²) < 4.78 is 24.2. The summed E-state index contributed by atoms with van der Waals surface area (Å²) in [5, 5.41) is 10.8. The third-order valence-electron chi connectivity index (χ3n) is 8.63. The molecule has 41 heavy (non-hydrogen) atoms. The highest BCUT2D eigenvalue weighted by molar-refractivity contribution is 5.99. The number of fused-ring (bicyclic) bond motifs is 5. The van der Waals surface area contributed by atoms with Gasteiger partial charge in [-0.2, -0.15) is 0 Å². The molecule has 2 atom stereocenters. The second kappa shape index (κ2) is 11.6. The Labute approximate surface area is 240 Å². The molecule has 2 heterocycles. The zero-order valence-corrected chi connectivity index (χ0v) is 23.9. The smallest absolute Gasteiger partial charge is 0.335 e. The van der Waals surface area contributed by atoms with E-state index in [0.717, 1.165) is 83.6 Å². The van der Waals surface area contributed by atoms with Gasteiger partial charge in [0.1, 0.15) is 18.5 Å². The molecule has 1 aromatic heterocycles. The van der Waals surface area contributed by atoms with Crippen LogP contribution in [0.5, 0.6) is 5.75 Å². The number of ether oxygens (including phenoxy) is 1. The van der Waals surface area contributed by atoms with Gasteiger partial charge in [0.2, 0.25) is 0 Å². The Morgan fingerprint density at radius 3 is 2.59 bits per heavy atom. The van der Waals surface area contributed by atoms with Gasteiger partial charge in [-0.25, -0.2) is 9.18 Å². The number of halogens is 1. The van der Waals surface area contributed by atoms with Gasteiger partial charge >= 0.3 is 5.97 Å². The highest BCUT2D eigenvalue weighted by Crippen LogP contribution is 2.48. The van der Waals surface area contributed by atoms with E-state index in [2.05, 4.69) is 52.7 Å². The summed E-state index contributed by atoms with van der Waals surface area (Å²) in [5.74, 6) is -0.372. The summed E-state index contributed by atoms with van der Waals surface area (Å²) in [5.41, 5.74) is 6.40. The SMILES string of the molecule is CN(C)CCN1CCn2c(c(C3CCCC[C@@H]3F)c3ccc(C(=O)O)cc32)-c2ccc(OCc3ccccc3)cc21. The average molecular weight is 556 g/mol. The van der Waals surface area contributed by atoms with Crippen LogP contribution in [0, 0.1) is 0 Å². The lowest BCUT2D eigenvalue weighted by Gasteiger charge is -2.29. The van der Waals surface area contributed by atoms with Crippen LogP contribution >= 0.6 is 0 Å². The number of carbonyl (C=O) groups is 1. The second-order valence-electron chi connectivity index (χ2n) is 11.6. The number of hydrogen-bond donors (Lipinski definition) is 1. The fourth-order valence-corrected chi connectivity index (χ4v) is 6.52. The number of carboxylic acids is 1. The van der Waals surface area contributed by atoms with Crippen LogP contribution in [0.3, 0.4) is 0 Å². The van der Waals surface area contributed by atoms with E-state index in [9.17, 15) is 9.90 Å². The molecule has 0 amide bonds. The summed E-state index contributed by atoms with van der Waals surface area (Å²) in [4.78, 5) is 16.5. The van der Waals surface area contributed by atoms with Crippen molar-refractivity contribution in [2.75, 3.05) is 38.6 Å². The molecule has 6 nitrogen and oxygen atoms in total. The molecule has 1 unspecified atom stereocenters. The maximum atomic E-state index is 15.7. The minimum Gasteiger partial charge on any atom is -0.489 e. The average Bonchev–Trinajstić information content (AvgIpc) is 3.20. The number of carboxylic acid groups (broad SMARTS) is 1. The first-order valence-electron chi connectivity index (χ1n) is 14.6. The minimum atomic E-state index is -0.952. The van der Waals surface area contributed by atoms with Gasteiger partial charge in [-0.3, -0.25) is 0 Å². The van der Waals surface area contributed by atoms with E-state index < -0.39 is 12.1 Å². The normalized spacial score (nSPS) is 18.7. The van der Waals surface area contributed by atoms with E-state index in [1.807, 2.05) is 30.3 Å². The lowest BCUT2D eigenvalue weighted by atomic mass is 9.80. The first-order chi connectivity index (χ1) is 19.9. The molecule has 1 fully saturated rings. The molecule has 0 radical (unpaired) electrons. The molecule has 7 heteroatoms. The van der Waals surface area contributed by atoms with Gasteiger partial charge in [0, 0.05) is 60.3 Å². The zero-order valence-electron chi connectivity index (χ0n) is 23.9. The highest BCUT2D eigenvalue weighted by atomic mass is 19.1. The van der Waals surface area contributed by atoms with Crippen LogP contribution < -0.4 is 9.64 Å². The summed E-state index contributed by atoms with van der Waals surface area (Å²) in [7, 11) is 4.15. The Kier molecular flexibility index (Phi) is 7.71. The number of anilines is 1. The molecule has 1 aliphatic heterocycles. The molecule has 1 aliphatic carbocycles. The fraction of sp³-hybridized carbons (Fsp3) is 0.382. The molecule has 6 rings (SSSR count). The van der Waals surface area contributed by atoms with Gasteiger partial charge in [-0.15, -0.1) is 0 Å². The predicted octanol–water partition coefficient (Wildman–Crippen LogP) is 6.96. The summed E-state index contributed by atoms with van der Waals surface area (Å²) >= 11 is 0. The summed E-state index contributed by atoms with van der Waals surface area (Å²) in [6.07, 6.45) is 2.36. The number of alkyl halides is 1. The standard InChI is InChI=1S/C34H38FN3O3/c1-36(2)16-17-37-18-19-38-31-20-24(34(39)40)12-14-27(31)32(26-10-6-7-11-29(26)35)33(38)28-15-13-25(21-30(28)37)41-22-23-8-4-3-5-9-23/h3-5,8-9,12-15,20-21,26,29H,6-7,10-11,16-19,22H2,1-2H3,(H,39,40)/t26?,29-/m0/s1. The predicted molar refractivity (Wildman–Crippen MR) is 162 cm³/mol. The maximum absolute atomic E-state index is 15.7. The van der Waals surface area contributed by atoms with Gasteiger partial charge < -0.3 is 24.2 Å². The molecule has 4 aromatic rings. The molecule has 0 spiro atoms. The van der Waals surface area contributed by atoms with Crippen LogP contribution in [0.4, 0.5) is 10.1 Å². The number of nitrogens with zero attached hydrogens (tertiary/aromatic N) is 3. The fourth-order valence-electron chi connectivity index (χ4n) is 6.52. The Bertz CT molecular complexity index is 1550. The van der Waals surface area contributed by atoms with E-state index in [4.69, 9.17) is 4.74 Å². The second-order valence-corrected chi connectivity index (χ2v) is 11.6. The van der Waals surface area contributed by atoms with E-state index in [1.165, 1.54) is 0 Å². The summed E-state index contributed by atoms with van der Waals surface area (Å²) in [6, 6.07) is 21.7. The number of aromatic carboxylic acids is 1. The van der Waals surface area contributed by atoms with Crippen molar-refractivity contribution in [1.29, 1.82) is 0 Å². The Hall–Kier alpha value is -3.84. The van der Waals surface area contributed by atoms with Gasteiger partial charge in [-0.1, -0.05) is 49.2 Å². The van der Waals surface area contributed by atoms with E-state index >= 15 is 4.39 Å². The molecule has 1 N–H and O–H groups in total. The Morgan fingerprint density at radius 2 is 1.83 bits per heavy atom. The van der Waals surface area contributed by atoms with Crippen molar-refractivity contribution in [2.24, 2.45) is 0 Å². The number of likely N-dealkylation sites (N-methyl/N-ethyl adjacent to an activating group) is 1. The van der Waals surface area contributed by atoms with Crippen LogP contribution in [0.25, 0.3) is 22.2 Å². The molecule has 2 aliphatic rings. The quantitative estimate of drug-likeness (QED) is 0.255. The number of aromatic nitrogens is 1. The molecule has 3 aromatic carbocycles. The van der Waals surface area contributed by atoms with Crippen molar-refractivity contribution in [3.8, 4) is 17.0 Å². The van der Waals surface area contributed by atoms with Crippen molar-refractivity contribution >= 4 is 22.6 Å². The van der Waals surface area contributed by atoms with Gasteiger partial charge in [0.25, 0.3) is 0 Å². The molecule has 1 saturated carbocycles. The monoisotopic (exact) mass is 555 g/mol. The van der Waals surface area contributed by atoms with E-state index in [0.29, 0.717) is 19.6 Å². The third kappa shape index (κ3) is 5.43. The maximum Gasteiger partial charge on any atom is 0.335 e. The third-order valence-corrected chi connectivity index (χ3v) is 8.63. The topological polar surface area (TPSA) is 57.9 Å². The van der Waals surface area contributed by atoms with E-state index in [-0.39, 0.29) is 11.5 Å². The van der Waals surface area contributed by atoms with Crippen molar-refractivity contribution in [2.45, 2.75) is 50.9 Å². The molecule has 0 bridgehead atoms. The van der Waals surface area contributed by atoms with E-state index in [1.54, 1.807) is 12.1 Å². The van der Waals surface area contributed by atoms with Crippen LogP contribution in [0.1, 0.15) is 53.1 Å². The highest BCUT2D eigenvalue weighted by Gasteiger charge is 2.35. The van der Waals surface area contributed by atoms with Crippen molar-refractivity contribution < 1.29 is 19.0 Å². The van der Waals surface area contributed by atoms with Gasteiger partial charge in [0.15, 0.2) is 0 Å². The molecular formula is C34H38FN3O3. The Morgan fingerprint density at radius 1 is 1.02 bits per heavy atom.